The van der Waals surface area contributed by atoms with E-state index in [4.69, 9.17) is 10.2 Å². The first-order valence-corrected chi connectivity index (χ1v) is 4.84. The first kappa shape index (κ1) is 11.5. The fourth-order valence-electron chi connectivity index (χ4n) is 1.29. The number of carboxylic acids is 1. The van der Waals surface area contributed by atoms with Crippen LogP contribution in [0.3, 0.4) is 0 Å². The molecule has 15 heavy (non-hydrogen) atoms. The Morgan fingerprint density at radius 2 is 2.20 bits per heavy atom. The van der Waals surface area contributed by atoms with E-state index in [1.165, 1.54) is 0 Å². The molecule has 1 rings (SSSR count). The van der Waals surface area contributed by atoms with E-state index >= 15 is 0 Å². The normalized spacial score (nSPS) is 10.0. The molecule has 0 aliphatic carbocycles. The van der Waals surface area contributed by atoms with E-state index in [2.05, 4.69) is 5.32 Å². The predicted molar refractivity (Wildman–Crippen MR) is 58.3 cm³/mol. The van der Waals surface area contributed by atoms with Crippen molar-refractivity contribution in [2.24, 2.45) is 0 Å². The molecule has 0 saturated carbocycles. The molecule has 0 heterocycles. The summed E-state index contributed by atoms with van der Waals surface area (Å²) in [7, 11) is 0. The van der Waals surface area contributed by atoms with Crippen molar-refractivity contribution in [3.05, 3.63) is 29.3 Å². The first-order chi connectivity index (χ1) is 7.15. The highest BCUT2D eigenvalue weighted by molar-refractivity contribution is 5.94. The van der Waals surface area contributed by atoms with Gasteiger partial charge in [0.15, 0.2) is 0 Å². The highest BCUT2D eigenvalue weighted by Crippen LogP contribution is 2.17. The fraction of sp³-hybridized carbons (Fsp3) is 0.364. The summed E-state index contributed by atoms with van der Waals surface area (Å²) >= 11 is 0. The van der Waals surface area contributed by atoms with Crippen molar-refractivity contribution in [1.29, 1.82) is 0 Å². The zero-order valence-corrected chi connectivity index (χ0v) is 8.66. The number of carbonyl (C=O) groups is 1. The minimum atomic E-state index is -0.940. The number of aliphatic hydroxyl groups is 1. The summed E-state index contributed by atoms with van der Waals surface area (Å²) in [5, 5.41) is 20.5. The van der Waals surface area contributed by atoms with Crippen LogP contribution in [0.2, 0.25) is 0 Å². The number of hydrogen-bond acceptors (Lipinski definition) is 3. The van der Waals surface area contributed by atoms with Gasteiger partial charge in [-0.25, -0.2) is 4.79 Å². The average molecular weight is 209 g/mol. The van der Waals surface area contributed by atoms with Crippen LogP contribution in [0.5, 0.6) is 0 Å². The van der Waals surface area contributed by atoms with Crippen LogP contribution in [0.15, 0.2) is 18.2 Å². The van der Waals surface area contributed by atoms with Crippen LogP contribution in [-0.2, 0) is 0 Å². The lowest BCUT2D eigenvalue weighted by atomic mass is 10.1. The molecule has 0 atom stereocenters. The second kappa shape index (κ2) is 5.36. The Kier molecular flexibility index (Phi) is 4.12. The van der Waals surface area contributed by atoms with Gasteiger partial charge in [0.05, 0.1) is 5.56 Å². The molecule has 0 aliphatic rings. The molecule has 0 amide bonds. The molecule has 3 N–H and O–H groups in total. The summed E-state index contributed by atoms with van der Waals surface area (Å²) in [5.41, 5.74) is 1.79. The van der Waals surface area contributed by atoms with Crippen LogP contribution in [0.4, 0.5) is 5.69 Å². The largest absolute Gasteiger partial charge is 0.478 e. The molecule has 1 aromatic carbocycles. The first-order valence-electron chi connectivity index (χ1n) is 4.84. The summed E-state index contributed by atoms with van der Waals surface area (Å²) in [6.07, 6.45) is 0.604. The molecule has 82 valence electrons. The molecular weight excluding hydrogens is 194 g/mol. The Bertz CT molecular complexity index is 350. The maximum Gasteiger partial charge on any atom is 0.337 e. The van der Waals surface area contributed by atoms with Gasteiger partial charge in [-0.15, -0.1) is 0 Å². The lowest BCUT2D eigenvalue weighted by Gasteiger charge is -2.09. The zero-order valence-electron chi connectivity index (χ0n) is 8.66. The number of aryl methyl sites for hydroxylation is 1. The topological polar surface area (TPSA) is 69.6 Å². The number of aliphatic hydroxyl groups excluding tert-OH is 1. The number of hydrogen-bond donors (Lipinski definition) is 3. The molecule has 0 saturated heterocycles. The van der Waals surface area contributed by atoms with Crippen molar-refractivity contribution < 1.29 is 15.0 Å². The summed E-state index contributed by atoms with van der Waals surface area (Å²) < 4.78 is 0. The van der Waals surface area contributed by atoms with Crippen LogP contribution < -0.4 is 5.32 Å². The third kappa shape index (κ3) is 3.25. The van der Waals surface area contributed by atoms with E-state index in [-0.39, 0.29) is 12.2 Å². The molecule has 1 aromatic rings. The number of benzene rings is 1. The van der Waals surface area contributed by atoms with Crippen molar-refractivity contribution in [3.8, 4) is 0 Å². The van der Waals surface area contributed by atoms with Gasteiger partial charge in [0.25, 0.3) is 0 Å². The van der Waals surface area contributed by atoms with Crippen LogP contribution in [0.1, 0.15) is 22.3 Å². The SMILES string of the molecule is Cc1ccc(NCCCO)c(C(=O)O)c1. The van der Waals surface area contributed by atoms with Gasteiger partial charge in [0.2, 0.25) is 0 Å². The Balaban J connectivity index is 2.81. The maximum absolute atomic E-state index is 10.9. The smallest absolute Gasteiger partial charge is 0.337 e. The second-order valence-corrected chi connectivity index (χ2v) is 3.36. The molecule has 0 radical (unpaired) electrons. The maximum atomic E-state index is 10.9. The lowest BCUT2D eigenvalue weighted by Crippen LogP contribution is -2.08. The third-order valence-corrected chi connectivity index (χ3v) is 2.06. The van der Waals surface area contributed by atoms with E-state index in [0.29, 0.717) is 18.7 Å². The number of carboxylic acid groups (broad SMARTS) is 1. The third-order valence-electron chi connectivity index (χ3n) is 2.06. The Morgan fingerprint density at radius 3 is 2.80 bits per heavy atom. The Morgan fingerprint density at radius 1 is 1.47 bits per heavy atom. The molecule has 0 bridgehead atoms. The monoisotopic (exact) mass is 209 g/mol. The minimum Gasteiger partial charge on any atom is -0.478 e. The summed E-state index contributed by atoms with van der Waals surface area (Å²) in [6.45, 7) is 2.52. The number of anilines is 1. The van der Waals surface area contributed by atoms with Gasteiger partial charge >= 0.3 is 5.97 Å². The summed E-state index contributed by atoms with van der Waals surface area (Å²) in [4.78, 5) is 10.9. The molecule has 0 aromatic heterocycles. The fourth-order valence-corrected chi connectivity index (χ4v) is 1.29. The standard InChI is InChI=1S/C11H15NO3/c1-8-3-4-10(12-5-2-6-13)9(7-8)11(14)15/h3-4,7,12-13H,2,5-6H2,1H3,(H,14,15). The molecule has 0 spiro atoms. The number of rotatable bonds is 5. The van der Waals surface area contributed by atoms with E-state index in [1.54, 1.807) is 12.1 Å². The van der Waals surface area contributed by atoms with Crippen molar-refractivity contribution in [2.75, 3.05) is 18.5 Å². The second-order valence-electron chi connectivity index (χ2n) is 3.36. The van der Waals surface area contributed by atoms with Gasteiger partial charge in [0, 0.05) is 18.8 Å². The minimum absolute atomic E-state index is 0.0985. The molecule has 4 heteroatoms. The van der Waals surface area contributed by atoms with Crippen molar-refractivity contribution in [2.45, 2.75) is 13.3 Å². The predicted octanol–water partition coefficient (Wildman–Crippen LogP) is 1.49. The highest BCUT2D eigenvalue weighted by Gasteiger charge is 2.09. The van der Waals surface area contributed by atoms with Crippen LogP contribution in [0, 0.1) is 6.92 Å². The average Bonchev–Trinajstić information content (AvgIpc) is 2.20. The highest BCUT2D eigenvalue weighted by atomic mass is 16.4. The van der Waals surface area contributed by atoms with Gasteiger partial charge < -0.3 is 15.5 Å². The van der Waals surface area contributed by atoms with E-state index in [1.807, 2.05) is 13.0 Å². The van der Waals surface area contributed by atoms with Gasteiger partial charge in [-0.3, -0.25) is 0 Å². The lowest BCUT2D eigenvalue weighted by molar-refractivity contribution is 0.0698. The molecule has 4 nitrogen and oxygen atoms in total. The summed E-state index contributed by atoms with van der Waals surface area (Å²) in [6, 6.07) is 5.23. The van der Waals surface area contributed by atoms with Crippen molar-refractivity contribution in [3.63, 3.8) is 0 Å². The zero-order chi connectivity index (χ0) is 11.3. The van der Waals surface area contributed by atoms with Crippen molar-refractivity contribution in [1.82, 2.24) is 0 Å². The Hall–Kier alpha value is -1.55. The van der Waals surface area contributed by atoms with E-state index < -0.39 is 5.97 Å². The quantitative estimate of drug-likeness (QED) is 0.642. The van der Waals surface area contributed by atoms with Gasteiger partial charge in [-0.1, -0.05) is 11.6 Å². The molecule has 0 unspecified atom stereocenters. The van der Waals surface area contributed by atoms with Crippen LogP contribution >= 0.6 is 0 Å². The Labute approximate surface area is 88.6 Å². The van der Waals surface area contributed by atoms with Gasteiger partial charge in [0.1, 0.15) is 0 Å². The summed E-state index contributed by atoms with van der Waals surface area (Å²) in [5.74, 6) is -0.940. The number of aromatic carboxylic acids is 1. The van der Waals surface area contributed by atoms with Crippen LogP contribution in [0.25, 0.3) is 0 Å². The van der Waals surface area contributed by atoms with E-state index in [0.717, 1.165) is 5.56 Å². The van der Waals surface area contributed by atoms with E-state index in [9.17, 15) is 4.79 Å². The molecule has 0 aliphatic heterocycles. The molecule has 0 fully saturated rings. The number of nitrogens with one attached hydrogen (secondary N) is 1. The van der Waals surface area contributed by atoms with Crippen LogP contribution in [-0.4, -0.2) is 29.3 Å². The van der Waals surface area contributed by atoms with Gasteiger partial charge in [-0.05, 0) is 25.5 Å². The van der Waals surface area contributed by atoms with Crippen molar-refractivity contribution >= 4 is 11.7 Å². The van der Waals surface area contributed by atoms with Gasteiger partial charge in [-0.2, -0.15) is 0 Å². The molecular formula is C11H15NO3.